The number of fused-ring (bicyclic) bond motifs is 7. The summed E-state index contributed by atoms with van der Waals surface area (Å²) in [5.41, 5.74) is 14.4. The van der Waals surface area contributed by atoms with Crippen molar-refractivity contribution in [1.29, 1.82) is 0 Å². The van der Waals surface area contributed by atoms with Crippen molar-refractivity contribution in [2.75, 3.05) is 4.90 Å². The van der Waals surface area contributed by atoms with Crippen LogP contribution in [-0.2, 0) is 0 Å². The average Bonchev–Trinajstić information content (AvgIpc) is 3.73. The van der Waals surface area contributed by atoms with Crippen LogP contribution in [-0.4, -0.2) is 0 Å². The van der Waals surface area contributed by atoms with Gasteiger partial charge in [-0.1, -0.05) is 176 Å². The number of nitrogens with zero attached hydrogens (tertiary/aromatic N) is 1. The molecule has 62 heavy (non-hydrogen) atoms. The third kappa shape index (κ3) is 6.29. The van der Waals surface area contributed by atoms with Gasteiger partial charge in [-0.25, -0.2) is 0 Å². The molecule has 2 heteroatoms. The van der Waals surface area contributed by atoms with Gasteiger partial charge in [0, 0.05) is 33.4 Å². The number of hydrogen-bond acceptors (Lipinski definition) is 2. The zero-order chi connectivity index (χ0) is 41.0. The van der Waals surface area contributed by atoms with Crippen molar-refractivity contribution in [3.8, 4) is 44.5 Å². The van der Waals surface area contributed by atoms with Gasteiger partial charge in [-0.05, 0) is 132 Å². The molecule has 0 saturated heterocycles. The minimum absolute atomic E-state index is 0.891. The van der Waals surface area contributed by atoms with Crippen molar-refractivity contribution in [1.82, 2.24) is 0 Å². The van der Waals surface area contributed by atoms with E-state index in [1.54, 1.807) is 0 Å². The van der Waals surface area contributed by atoms with Crippen LogP contribution in [0.1, 0.15) is 0 Å². The summed E-state index contributed by atoms with van der Waals surface area (Å²) in [6.45, 7) is 0. The van der Waals surface area contributed by atoms with Gasteiger partial charge < -0.3 is 9.32 Å². The van der Waals surface area contributed by atoms with E-state index in [-0.39, 0.29) is 0 Å². The molecule has 0 radical (unpaired) electrons. The van der Waals surface area contributed by atoms with Crippen LogP contribution in [0.4, 0.5) is 17.1 Å². The molecule has 0 spiro atoms. The van der Waals surface area contributed by atoms with Gasteiger partial charge in [-0.2, -0.15) is 0 Å². The van der Waals surface area contributed by atoms with E-state index >= 15 is 0 Å². The molecule has 0 aliphatic heterocycles. The van der Waals surface area contributed by atoms with E-state index in [0.29, 0.717) is 0 Å². The predicted molar refractivity (Wildman–Crippen MR) is 263 cm³/mol. The molecule has 0 saturated carbocycles. The topological polar surface area (TPSA) is 16.4 Å². The van der Waals surface area contributed by atoms with E-state index in [1.807, 2.05) is 6.07 Å². The summed E-state index contributed by atoms with van der Waals surface area (Å²) in [7, 11) is 0. The Morgan fingerprint density at radius 2 is 0.742 bits per heavy atom. The number of anilines is 3. The summed E-state index contributed by atoms with van der Waals surface area (Å²) in [5.74, 6) is 0. The Bertz CT molecular complexity index is 3600. The van der Waals surface area contributed by atoms with Crippen molar-refractivity contribution in [2.24, 2.45) is 0 Å². The highest BCUT2D eigenvalue weighted by molar-refractivity contribution is 6.11. The Labute approximate surface area is 360 Å². The smallest absolute Gasteiger partial charge is 0.143 e. The van der Waals surface area contributed by atoms with Gasteiger partial charge in [-0.15, -0.1) is 0 Å². The average molecular weight is 790 g/mol. The van der Waals surface area contributed by atoms with E-state index in [9.17, 15) is 0 Å². The molecule has 12 rings (SSSR count). The molecule has 1 heterocycles. The molecule has 0 aliphatic carbocycles. The van der Waals surface area contributed by atoms with Crippen molar-refractivity contribution in [3.63, 3.8) is 0 Å². The van der Waals surface area contributed by atoms with Crippen LogP contribution in [0, 0.1) is 0 Å². The highest BCUT2D eigenvalue weighted by Gasteiger charge is 2.16. The van der Waals surface area contributed by atoms with Crippen molar-refractivity contribution in [3.05, 3.63) is 237 Å². The molecule has 0 bridgehead atoms. The second-order valence-corrected chi connectivity index (χ2v) is 16.1. The number of para-hydroxylation sites is 1. The first kappa shape index (κ1) is 35.7. The molecule has 0 N–H and O–H groups in total. The molecular formula is C60H39NO. The molecule has 1 aromatic heterocycles. The Balaban J connectivity index is 0.906. The van der Waals surface area contributed by atoms with Crippen LogP contribution in [0.3, 0.4) is 0 Å². The first-order chi connectivity index (χ1) is 30.7. The Hall–Kier alpha value is -8.20. The third-order valence-electron chi connectivity index (χ3n) is 12.5. The van der Waals surface area contributed by atoms with Crippen molar-refractivity contribution < 1.29 is 4.42 Å². The largest absolute Gasteiger partial charge is 0.455 e. The molecule has 2 nitrogen and oxygen atoms in total. The zero-order valence-corrected chi connectivity index (χ0v) is 33.9. The van der Waals surface area contributed by atoms with Gasteiger partial charge >= 0.3 is 0 Å². The maximum Gasteiger partial charge on any atom is 0.143 e. The van der Waals surface area contributed by atoms with E-state index in [4.69, 9.17) is 4.42 Å². The maximum atomic E-state index is 6.50. The molecule has 290 valence electrons. The third-order valence-corrected chi connectivity index (χ3v) is 12.5. The molecule has 12 aromatic rings. The molecule has 0 aliphatic rings. The van der Waals surface area contributed by atoms with E-state index in [1.165, 1.54) is 54.6 Å². The minimum atomic E-state index is 0.891. The molecule has 0 unspecified atom stereocenters. The maximum absolute atomic E-state index is 6.50. The summed E-state index contributed by atoms with van der Waals surface area (Å²) < 4.78 is 6.50. The quantitative estimate of drug-likeness (QED) is 0.150. The van der Waals surface area contributed by atoms with Crippen LogP contribution in [0.15, 0.2) is 241 Å². The van der Waals surface area contributed by atoms with Crippen molar-refractivity contribution >= 4 is 71.3 Å². The minimum Gasteiger partial charge on any atom is -0.455 e. The normalized spacial score (nSPS) is 11.5. The monoisotopic (exact) mass is 789 g/mol. The lowest BCUT2D eigenvalue weighted by atomic mass is 9.97. The van der Waals surface area contributed by atoms with Crippen LogP contribution in [0.25, 0.3) is 98.8 Å². The van der Waals surface area contributed by atoms with Crippen LogP contribution in [0.2, 0.25) is 0 Å². The lowest BCUT2D eigenvalue weighted by Gasteiger charge is -2.26. The second-order valence-electron chi connectivity index (χ2n) is 16.1. The van der Waals surface area contributed by atoms with E-state index < -0.39 is 0 Å². The molecule has 0 fully saturated rings. The molecule has 11 aromatic carbocycles. The highest BCUT2D eigenvalue weighted by atomic mass is 16.3. The van der Waals surface area contributed by atoms with Gasteiger partial charge in [0.1, 0.15) is 11.2 Å². The molecular weight excluding hydrogens is 751 g/mol. The standard InChI is InChI=1S/C60H39NO/c1-2-10-44(11-3-1)56-15-8-16-57-58-39-49(28-36-59(58)62-60(56)57)43-25-33-53(34-26-43)61(51-29-21-41(22-30-51)47-19-17-40-9-4-5-13-46(40)37-47)52-31-23-42(24-32-52)48-27-35-55-50(38-48)20-18-45-12-6-7-14-54(45)55/h1-39H. The fourth-order valence-electron chi connectivity index (χ4n) is 9.24. The number of benzene rings is 11. The SMILES string of the molecule is c1ccc(-c2cccc3c2oc2ccc(-c4ccc(N(c5ccc(-c6ccc7ccccc7c6)cc5)c5ccc(-c6ccc7c(ccc8ccccc87)c6)cc5)cc4)cc23)cc1. The summed E-state index contributed by atoms with van der Waals surface area (Å²) >= 11 is 0. The van der Waals surface area contributed by atoms with E-state index in [0.717, 1.165) is 61.3 Å². The van der Waals surface area contributed by atoms with Crippen LogP contribution in [0.5, 0.6) is 0 Å². The van der Waals surface area contributed by atoms with E-state index in [2.05, 4.69) is 235 Å². The second kappa shape index (κ2) is 14.8. The van der Waals surface area contributed by atoms with Crippen LogP contribution >= 0.6 is 0 Å². The lowest BCUT2D eigenvalue weighted by molar-refractivity contribution is 0.670. The Kier molecular flexibility index (Phi) is 8.53. The lowest BCUT2D eigenvalue weighted by Crippen LogP contribution is -2.09. The Morgan fingerprint density at radius 3 is 1.44 bits per heavy atom. The van der Waals surface area contributed by atoms with Gasteiger partial charge in [-0.3, -0.25) is 0 Å². The van der Waals surface area contributed by atoms with Crippen LogP contribution < -0.4 is 4.90 Å². The Morgan fingerprint density at radius 1 is 0.258 bits per heavy atom. The summed E-state index contributed by atoms with van der Waals surface area (Å²) in [4.78, 5) is 2.35. The number of hydrogen-bond donors (Lipinski definition) is 0. The van der Waals surface area contributed by atoms with Gasteiger partial charge in [0.15, 0.2) is 0 Å². The summed E-state index contributed by atoms with van der Waals surface area (Å²) in [5, 5.41) is 9.81. The fraction of sp³-hybridized carbons (Fsp3) is 0. The molecule has 0 amide bonds. The highest BCUT2D eigenvalue weighted by Crippen LogP contribution is 2.41. The number of furan rings is 1. The molecule has 0 atom stereocenters. The predicted octanol–water partition coefficient (Wildman–Crippen LogP) is 17.2. The van der Waals surface area contributed by atoms with Gasteiger partial charge in [0.05, 0.1) is 0 Å². The van der Waals surface area contributed by atoms with Gasteiger partial charge in [0.2, 0.25) is 0 Å². The summed E-state index contributed by atoms with van der Waals surface area (Å²) in [6, 6.07) is 85.4. The first-order valence-corrected chi connectivity index (χ1v) is 21.2. The number of rotatable bonds is 7. The first-order valence-electron chi connectivity index (χ1n) is 21.2. The zero-order valence-electron chi connectivity index (χ0n) is 33.9. The van der Waals surface area contributed by atoms with Gasteiger partial charge in [0.25, 0.3) is 0 Å². The fourth-order valence-corrected chi connectivity index (χ4v) is 9.24. The van der Waals surface area contributed by atoms with Crippen molar-refractivity contribution in [2.45, 2.75) is 0 Å². The summed E-state index contributed by atoms with van der Waals surface area (Å²) in [6.07, 6.45) is 0.